The first-order valence-corrected chi connectivity index (χ1v) is 10.3. The molecule has 2 N–H and O–H groups in total. The maximum absolute atomic E-state index is 13.1. The zero-order valence-electron chi connectivity index (χ0n) is 16.5. The van der Waals surface area contributed by atoms with Crippen LogP contribution in [0.1, 0.15) is 36.9 Å². The van der Waals surface area contributed by atoms with Crippen LogP contribution in [0.5, 0.6) is 0 Å². The Bertz CT molecular complexity index is 815. The molecule has 2 atom stereocenters. The molecule has 1 aliphatic heterocycles. The lowest BCUT2D eigenvalue weighted by Gasteiger charge is -2.36. The molecule has 0 spiro atoms. The SMILES string of the molecule is C[C@H](C(=O)N[C@@H]1CCCc2ccccc21)[NH+]1CCN(c2ccc(F)cc2)CC1. The monoisotopic (exact) mass is 382 g/mol. The van der Waals surface area contributed by atoms with E-state index in [1.54, 1.807) is 0 Å². The van der Waals surface area contributed by atoms with Crippen LogP contribution in [0.4, 0.5) is 10.1 Å². The van der Waals surface area contributed by atoms with Gasteiger partial charge in [0.2, 0.25) is 0 Å². The van der Waals surface area contributed by atoms with E-state index >= 15 is 0 Å². The third-order valence-corrected chi connectivity index (χ3v) is 6.29. The van der Waals surface area contributed by atoms with Crippen molar-refractivity contribution < 1.29 is 14.1 Å². The minimum absolute atomic E-state index is 0.0653. The van der Waals surface area contributed by atoms with Gasteiger partial charge in [-0.2, -0.15) is 0 Å². The third-order valence-electron chi connectivity index (χ3n) is 6.29. The Morgan fingerprint density at radius 3 is 2.61 bits per heavy atom. The van der Waals surface area contributed by atoms with Crippen LogP contribution in [0.3, 0.4) is 0 Å². The van der Waals surface area contributed by atoms with Crippen LogP contribution in [0.25, 0.3) is 0 Å². The van der Waals surface area contributed by atoms with E-state index in [1.807, 2.05) is 19.1 Å². The van der Waals surface area contributed by atoms with Gasteiger partial charge in [-0.15, -0.1) is 0 Å². The summed E-state index contributed by atoms with van der Waals surface area (Å²) < 4.78 is 13.1. The van der Waals surface area contributed by atoms with Crippen LogP contribution in [0.15, 0.2) is 48.5 Å². The molecule has 28 heavy (non-hydrogen) atoms. The molecule has 5 heteroatoms. The van der Waals surface area contributed by atoms with E-state index in [2.05, 4.69) is 34.5 Å². The van der Waals surface area contributed by atoms with Gasteiger partial charge >= 0.3 is 0 Å². The first-order chi connectivity index (χ1) is 13.6. The van der Waals surface area contributed by atoms with E-state index in [9.17, 15) is 9.18 Å². The van der Waals surface area contributed by atoms with Crippen molar-refractivity contribution in [1.82, 2.24) is 5.32 Å². The van der Waals surface area contributed by atoms with Gasteiger partial charge in [0.1, 0.15) is 5.82 Å². The number of amides is 1. The minimum atomic E-state index is -0.206. The van der Waals surface area contributed by atoms with E-state index in [0.717, 1.165) is 51.1 Å². The normalized spacial score (nSPS) is 21.1. The summed E-state index contributed by atoms with van der Waals surface area (Å²) >= 11 is 0. The molecule has 1 fully saturated rings. The van der Waals surface area contributed by atoms with Gasteiger partial charge in [-0.3, -0.25) is 4.79 Å². The van der Waals surface area contributed by atoms with Crippen molar-refractivity contribution in [2.75, 3.05) is 31.1 Å². The number of benzene rings is 2. The highest BCUT2D eigenvalue weighted by Gasteiger charge is 2.31. The smallest absolute Gasteiger partial charge is 0.278 e. The lowest BCUT2D eigenvalue weighted by atomic mass is 9.87. The number of fused-ring (bicyclic) bond motifs is 1. The molecule has 4 nitrogen and oxygen atoms in total. The fraction of sp³-hybridized carbons (Fsp3) is 0.435. The molecule has 1 heterocycles. The van der Waals surface area contributed by atoms with E-state index in [-0.39, 0.29) is 23.8 Å². The van der Waals surface area contributed by atoms with Crippen molar-refractivity contribution in [3.8, 4) is 0 Å². The number of aryl methyl sites for hydroxylation is 1. The summed E-state index contributed by atoms with van der Waals surface area (Å²) in [6, 6.07) is 15.2. The number of hydrogen-bond donors (Lipinski definition) is 2. The van der Waals surface area contributed by atoms with Crippen molar-refractivity contribution in [2.45, 2.75) is 38.3 Å². The van der Waals surface area contributed by atoms with Gasteiger partial charge in [-0.1, -0.05) is 24.3 Å². The molecule has 1 amide bonds. The molecule has 0 unspecified atom stereocenters. The Labute approximate surface area is 166 Å². The molecular weight excluding hydrogens is 353 g/mol. The summed E-state index contributed by atoms with van der Waals surface area (Å²) in [5.41, 5.74) is 3.70. The predicted molar refractivity (Wildman–Crippen MR) is 109 cm³/mol. The molecule has 0 radical (unpaired) electrons. The first kappa shape index (κ1) is 18.9. The lowest BCUT2D eigenvalue weighted by Crippen LogP contribution is -3.19. The van der Waals surface area contributed by atoms with Crippen molar-refractivity contribution >= 4 is 11.6 Å². The Morgan fingerprint density at radius 1 is 1.14 bits per heavy atom. The van der Waals surface area contributed by atoms with Crippen LogP contribution >= 0.6 is 0 Å². The van der Waals surface area contributed by atoms with Crippen molar-refractivity contribution in [1.29, 1.82) is 0 Å². The zero-order chi connectivity index (χ0) is 19.5. The number of quaternary nitrogens is 1. The molecule has 148 valence electrons. The van der Waals surface area contributed by atoms with Gasteiger partial charge in [-0.05, 0) is 61.6 Å². The van der Waals surface area contributed by atoms with Crippen molar-refractivity contribution in [2.24, 2.45) is 0 Å². The number of piperazine rings is 1. The van der Waals surface area contributed by atoms with E-state index < -0.39 is 0 Å². The lowest BCUT2D eigenvalue weighted by molar-refractivity contribution is -0.914. The molecule has 2 aliphatic rings. The molecule has 4 rings (SSSR count). The number of nitrogens with one attached hydrogen (secondary N) is 2. The second-order valence-electron chi connectivity index (χ2n) is 8.00. The minimum Gasteiger partial charge on any atom is -0.360 e. The van der Waals surface area contributed by atoms with E-state index in [0.29, 0.717) is 0 Å². The molecular formula is C23H29FN3O+. The molecule has 0 aromatic heterocycles. The van der Waals surface area contributed by atoms with Crippen molar-refractivity contribution in [3.05, 3.63) is 65.5 Å². The Kier molecular flexibility index (Phi) is 5.62. The largest absolute Gasteiger partial charge is 0.360 e. The molecule has 1 aliphatic carbocycles. The molecule has 2 aromatic carbocycles. The highest BCUT2D eigenvalue weighted by molar-refractivity contribution is 5.80. The van der Waals surface area contributed by atoms with Gasteiger partial charge in [0, 0.05) is 5.69 Å². The highest BCUT2D eigenvalue weighted by atomic mass is 19.1. The number of rotatable bonds is 4. The molecule has 2 aromatic rings. The fourth-order valence-electron chi connectivity index (χ4n) is 4.52. The second kappa shape index (κ2) is 8.31. The van der Waals surface area contributed by atoms with Crippen LogP contribution in [-0.2, 0) is 11.2 Å². The van der Waals surface area contributed by atoms with Crippen LogP contribution < -0.4 is 15.1 Å². The number of hydrogen-bond acceptors (Lipinski definition) is 2. The standard InChI is InChI=1S/C23H28FN3O/c1-17(23(28)25-22-8-4-6-18-5-2-3-7-21(18)22)26-13-15-27(16-14-26)20-11-9-19(24)10-12-20/h2-3,5,7,9-12,17,22H,4,6,8,13-16H2,1H3,(H,25,28)/p+1/t17-,22-/m1/s1. The van der Waals surface area contributed by atoms with E-state index in [1.165, 1.54) is 28.2 Å². The average Bonchev–Trinajstić information content (AvgIpc) is 2.74. The molecule has 0 saturated carbocycles. The number of halogens is 1. The van der Waals surface area contributed by atoms with Gasteiger partial charge in [0.25, 0.3) is 5.91 Å². The number of carbonyl (C=O) groups excluding carboxylic acids is 1. The van der Waals surface area contributed by atoms with Gasteiger partial charge in [-0.25, -0.2) is 4.39 Å². The third kappa shape index (κ3) is 4.04. The first-order valence-electron chi connectivity index (χ1n) is 10.3. The van der Waals surface area contributed by atoms with Crippen molar-refractivity contribution in [3.63, 3.8) is 0 Å². The topological polar surface area (TPSA) is 36.8 Å². The maximum atomic E-state index is 13.1. The maximum Gasteiger partial charge on any atom is 0.278 e. The summed E-state index contributed by atoms with van der Waals surface area (Å²) in [4.78, 5) is 16.5. The fourth-order valence-corrected chi connectivity index (χ4v) is 4.52. The summed E-state index contributed by atoms with van der Waals surface area (Å²) in [5, 5.41) is 3.31. The summed E-state index contributed by atoms with van der Waals surface area (Å²) in [6.45, 7) is 5.61. The Hall–Kier alpha value is -2.40. The highest BCUT2D eigenvalue weighted by Crippen LogP contribution is 2.29. The van der Waals surface area contributed by atoms with Gasteiger partial charge < -0.3 is 15.1 Å². The molecule has 1 saturated heterocycles. The number of carbonyl (C=O) groups is 1. The van der Waals surface area contributed by atoms with Crippen LogP contribution in [0.2, 0.25) is 0 Å². The predicted octanol–water partition coefficient (Wildman–Crippen LogP) is 2.11. The Balaban J connectivity index is 1.33. The van der Waals surface area contributed by atoms with E-state index in [4.69, 9.17) is 0 Å². The summed E-state index contributed by atoms with van der Waals surface area (Å²) in [7, 11) is 0. The molecule has 0 bridgehead atoms. The van der Waals surface area contributed by atoms with Crippen LogP contribution in [-0.4, -0.2) is 38.1 Å². The summed E-state index contributed by atoms with van der Waals surface area (Å²) in [5.74, 6) is -0.0606. The average molecular weight is 383 g/mol. The number of anilines is 1. The zero-order valence-corrected chi connectivity index (χ0v) is 16.5. The summed E-state index contributed by atoms with van der Waals surface area (Å²) in [6.07, 6.45) is 3.25. The Morgan fingerprint density at radius 2 is 1.86 bits per heavy atom. The van der Waals surface area contributed by atoms with Crippen LogP contribution in [0, 0.1) is 5.82 Å². The quantitative estimate of drug-likeness (QED) is 0.850. The van der Waals surface area contributed by atoms with Gasteiger partial charge in [0.05, 0.1) is 32.2 Å². The number of nitrogens with zero attached hydrogens (tertiary/aromatic N) is 1. The van der Waals surface area contributed by atoms with Gasteiger partial charge in [0.15, 0.2) is 6.04 Å². The second-order valence-corrected chi connectivity index (χ2v) is 8.00.